The summed E-state index contributed by atoms with van der Waals surface area (Å²) in [6.07, 6.45) is 3.62. The van der Waals surface area contributed by atoms with Gasteiger partial charge in [0, 0.05) is 27.8 Å². The Morgan fingerprint density at radius 1 is 1.27 bits per heavy atom. The number of nitrogens with one attached hydrogen (secondary N) is 2. The molecular formula is C19H14BrN5O. The molecule has 0 saturated carbocycles. The lowest BCUT2D eigenvalue weighted by Gasteiger charge is -2.17. The Morgan fingerprint density at radius 2 is 2.08 bits per heavy atom. The van der Waals surface area contributed by atoms with E-state index in [9.17, 15) is 4.79 Å². The second-order valence-electron chi connectivity index (χ2n) is 5.93. The fourth-order valence-corrected chi connectivity index (χ4v) is 3.82. The van der Waals surface area contributed by atoms with E-state index in [1.54, 1.807) is 30.6 Å². The van der Waals surface area contributed by atoms with Crippen LogP contribution >= 0.6 is 15.9 Å². The average Bonchev–Trinajstić information content (AvgIpc) is 3.23. The number of carbonyl (C=O) groups excluding carboxylic acids is 1. The van der Waals surface area contributed by atoms with Gasteiger partial charge in [0.05, 0.1) is 35.9 Å². The number of urea groups is 1. The molecule has 6 nitrogen and oxygen atoms in total. The van der Waals surface area contributed by atoms with Gasteiger partial charge in [-0.1, -0.05) is 28.1 Å². The van der Waals surface area contributed by atoms with Gasteiger partial charge in [0.15, 0.2) is 0 Å². The van der Waals surface area contributed by atoms with Crippen molar-refractivity contribution in [3.63, 3.8) is 0 Å². The number of amides is 2. The van der Waals surface area contributed by atoms with Crippen LogP contribution in [0, 0.1) is 11.3 Å². The number of benzene rings is 2. The first-order valence-corrected chi connectivity index (χ1v) is 8.82. The molecular weight excluding hydrogens is 394 g/mol. The highest BCUT2D eigenvalue weighted by atomic mass is 79.9. The van der Waals surface area contributed by atoms with Crippen molar-refractivity contribution in [3.8, 4) is 17.3 Å². The third kappa shape index (κ3) is 2.85. The first-order chi connectivity index (χ1) is 12.7. The molecule has 128 valence electrons. The molecule has 7 heteroatoms. The molecule has 4 rings (SSSR count). The fourth-order valence-electron chi connectivity index (χ4n) is 3.19. The molecule has 0 fully saturated rings. The molecule has 1 atom stereocenters. The van der Waals surface area contributed by atoms with Crippen LogP contribution in [0.1, 0.15) is 17.2 Å². The normalized spacial score (nSPS) is 14.2. The molecule has 2 N–H and O–H groups in total. The number of hydrogen-bond acceptors (Lipinski definition) is 3. The van der Waals surface area contributed by atoms with Crippen molar-refractivity contribution in [1.29, 1.82) is 5.26 Å². The van der Waals surface area contributed by atoms with Gasteiger partial charge in [-0.2, -0.15) is 5.26 Å². The average molecular weight is 408 g/mol. The topological polar surface area (TPSA) is 82.7 Å². The molecule has 0 aliphatic carbocycles. The van der Waals surface area contributed by atoms with Gasteiger partial charge in [-0.05, 0) is 30.3 Å². The molecule has 26 heavy (non-hydrogen) atoms. The van der Waals surface area contributed by atoms with Gasteiger partial charge < -0.3 is 15.2 Å². The lowest BCUT2D eigenvalue weighted by Crippen LogP contribution is -2.33. The summed E-state index contributed by atoms with van der Waals surface area (Å²) in [5.41, 5.74) is 4.49. The molecule has 0 bridgehead atoms. The SMILES string of the molecule is N#Cc1ccc(NC(=O)NCC2c3c(Br)cccc3-c3cncn32)cc1. The molecule has 0 saturated heterocycles. The van der Waals surface area contributed by atoms with Crippen LogP contribution in [0.15, 0.2) is 59.5 Å². The lowest BCUT2D eigenvalue weighted by atomic mass is 10.0. The number of nitrogens with zero attached hydrogens (tertiary/aromatic N) is 3. The van der Waals surface area contributed by atoms with Crippen LogP contribution < -0.4 is 10.6 Å². The monoisotopic (exact) mass is 407 g/mol. The number of rotatable bonds is 3. The van der Waals surface area contributed by atoms with Gasteiger partial charge >= 0.3 is 6.03 Å². The molecule has 2 amide bonds. The fraction of sp³-hybridized carbons (Fsp3) is 0.105. The molecule has 1 unspecified atom stereocenters. The Kier molecular flexibility index (Phi) is 4.19. The third-order valence-electron chi connectivity index (χ3n) is 4.39. The highest BCUT2D eigenvalue weighted by molar-refractivity contribution is 9.10. The van der Waals surface area contributed by atoms with Crippen molar-refractivity contribution in [2.24, 2.45) is 0 Å². The molecule has 0 spiro atoms. The molecule has 2 aromatic carbocycles. The van der Waals surface area contributed by atoms with Crippen LogP contribution in [-0.4, -0.2) is 22.1 Å². The van der Waals surface area contributed by atoms with E-state index in [1.165, 1.54) is 0 Å². The van der Waals surface area contributed by atoms with Crippen molar-refractivity contribution in [3.05, 3.63) is 70.6 Å². The highest BCUT2D eigenvalue weighted by Crippen LogP contribution is 2.42. The van der Waals surface area contributed by atoms with E-state index in [0.717, 1.165) is 21.3 Å². The summed E-state index contributed by atoms with van der Waals surface area (Å²) in [5, 5.41) is 14.5. The maximum Gasteiger partial charge on any atom is 0.319 e. The summed E-state index contributed by atoms with van der Waals surface area (Å²) in [4.78, 5) is 16.5. The number of carbonyl (C=O) groups is 1. The van der Waals surface area contributed by atoms with Crippen molar-refractivity contribution < 1.29 is 4.79 Å². The summed E-state index contributed by atoms with van der Waals surface area (Å²) < 4.78 is 3.08. The van der Waals surface area contributed by atoms with Gasteiger partial charge in [-0.15, -0.1) is 0 Å². The molecule has 0 radical (unpaired) electrons. The van der Waals surface area contributed by atoms with Crippen LogP contribution in [0.4, 0.5) is 10.5 Å². The minimum atomic E-state index is -0.295. The van der Waals surface area contributed by atoms with Gasteiger partial charge in [0.25, 0.3) is 0 Å². The molecule has 1 aromatic heterocycles. The number of anilines is 1. The maximum atomic E-state index is 12.2. The minimum Gasteiger partial charge on any atom is -0.335 e. The predicted octanol–water partition coefficient (Wildman–Crippen LogP) is 3.91. The first-order valence-electron chi connectivity index (χ1n) is 8.03. The smallest absolute Gasteiger partial charge is 0.319 e. The standard InChI is InChI=1S/C19H14BrN5O/c20-15-3-1-2-14-16-9-22-11-25(16)17(18(14)15)10-23-19(26)24-13-6-4-12(8-21)5-7-13/h1-7,9,11,17H,10H2,(H2,23,24,26). The summed E-state index contributed by atoms with van der Waals surface area (Å²) in [7, 11) is 0. The van der Waals surface area contributed by atoms with Crippen LogP contribution in [-0.2, 0) is 0 Å². The number of nitriles is 1. The van der Waals surface area contributed by atoms with Crippen molar-refractivity contribution in [2.45, 2.75) is 6.04 Å². The van der Waals surface area contributed by atoms with Gasteiger partial charge in [0.2, 0.25) is 0 Å². The zero-order valence-corrected chi connectivity index (χ0v) is 15.2. The third-order valence-corrected chi connectivity index (χ3v) is 5.08. The number of hydrogen-bond donors (Lipinski definition) is 2. The highest BCUT2D eigenvalue weighted by Gasteiger charge is 2.30. The summed E-state index contributed by atoms with van der Waals surface area (Å²) in [6.45, 7) is 0.432. The Morgan fingerprint density at radius 3 is 2.85 bits per heavy atom. The minimum absolute atomic E-state index is 0.0233. The zero-order chi connectivity index (χ0) is 18.1. The molecule has 2 heterocycles. The van der Waals surface area contributed by atoms with Crippen LogP contribution in [0.5, 0.6) is 0 Å². The van der Waals surface area contributed by atoms with Crippen LogP contribution in [0.2, 0.25) is 0 Å². The number of fused-ring (bicyclic) bond motifs is 3. The quantitative estimate of drug-likeness (QED) is 0.690. The van der Waals surface area contributed by atoms with Gasteiger partial charge in [-0.3, -0.25) is 0 Å². The van der Waals surface area contributed by atoms with E-state index in [1.807, 2.05) is 24.4 Å². The number of aromatic nitrogens is 2. The predicted molar refractivity (Wildman–Crippen MR) is 102 cm³/mol. The maximum absolute atomic E-state index is 12.2. The molecule has 1 aliphatic rings. The lowest BCUT2D eigenvalue weighted by molar-refractivity contribution is 0.251. The first kappa shape index (κ1) is 16.4. The largest absolute Gasteiger partial charge is 0.335 e. The van der Waals surface area contributed by atoms with E-state index in [-0.39, 0.29) is 12.1 Å². The van der Waals surface area contributed by atoms with Crippen molar-refractivity contribution >= 4 is 27.6 Å². The number of halogens is 1. The van der Waals surface area contributed by atoms with Crippen LogP contribution in [0.25, 0.3) is 11.3 Å². The van der Waals surface area contributed by atoms with E-state index >= 15 is 0 Å². The van der Waals surface area contributed by atoms with Crippen molar-refractivity contribution in [1.82, 2.24) is 14.9 Å². The Bertz CT molecular complexity index is 1020. The van der Waals surface area contributed by atoms with E-state index in [2.05, 4.69) is 42.2 Å². The second-order valence-corrected chi connectivity index (χ2v) is 6.78. The summed E-state index contributed by atoms with van der Waals surface area (Å²) >= 11 is 3.62. The Balaban J connectivity index is 1.48. The zero-order valence-electron chi connectivity index (χ0n) is 13.6. The summed E-state index contributed by atoms with van der Waals surface area (Å²) in [5.74, 6) is 0. The molecule has 3 aromatic rings. The van der Waals surface area contributed by atoms with E-state index < -0.39 is 0 Å². The van der Waals surface area contributed by atoms with E-state index in [0.29, 0.717) is 17.8 Å². The molecule has 1 aliphatic heterocycles. The van der Waals surface area contributed by atoms with Gasteiger partial charge in [-0.25, -0.2) is 9.78 Å². The Labute approximate surface area is 158 Å². The van der Waals surface area contributed by atoms with Crippen molar-refractivity contribution in [2.75, 3.05) is 11.9 Å². The summed E-state index contributed by atoms with van der Waals surface area (Å²) in [6, 6.07) is 14.5. The number of imidazole rings is 1. The van der Waals surface area contributed by atoms with Crippen LogP contribution in [0.3, 0.4) is 0 Å². The Hall–Kier alpha value is -3.11. The van der Waals surface area contributed by atoms with Gasteiger partial charge in [0.1, 0.15) is 0 Å². The second kappa shape index (κ2) is 6.65. The van der Waals surface area contributed by atoms with E-state index in [4.69, 9.17) is 5.26 Å².